The smallest absolute Gasteiger partial charge is 0.159 e. The van der Waals surface area contributed by atoms with E-state index in [1.165, 1.54) is 11.3 Å². The van der Waals surface area contributed by atoms with E-state index in [-0.39, 0.29) is 0 Å². The second-order valence-electron chi connectivity index (χ2n) is 4.24. The van der Waals surface area contributed by atoms with Gasteiger partial charge in [-0.05, 0) is 6.42 Å². The molecule has 1 N–H and O–H groups in total. The van der Waals surface area contributed by atoms with Gasteiger partial charge in [0.05, 0.1) is 5.69 Å². The quantitative estimate of drug-likeness (QED) is 0.852. The van der Waals surface area contributed by atoms with Crippen molar-refractivity contribution in [3.05, 3.63) is 47.3 Å². The van der Waals surface area contributed by atoms with Crippen LogP contribution in [-0.4, -0.2) is 9.97 Å². The maximum atomic E-state index is 4.68. The molecule has 17 heavy (non-hydrogen) atoms. The lowest BCUT2D eigenvalue weighted by atomic mass is 10.1. The molecule has 0 fully saturated rings. The van der Waals surface area contributed by atoms with Crippen molar-refractivity contribution < 1.29 is 0 Å². The van der Waals surface area contributed by atoms with Crippen LogP contribution in [0, 0.1) is 0 Å². The summed E-state index contributed by atoms with van der Waals surface area (Å²) in [5, 5.41) is 3.34. The maximum Gasteiger partial charge on any atom is 0.159 e. The third kappa shape index (κ3) is 1.83. The van der Waals surface area contributed by atoms with Crippen LogP contribution in [0.4, 0.5) is 0 Å². The lowest BCUT2D eigenvalue weighted by Crippen LogP contribution is -2.02. The van der Waals surface area contributed by atoms with Crippen LogP contribution in [0.25, 0.3) is 11.4 Å². The van der Waals surface area contributed by atoms with E-state index in [0.717, 1.165) is 36.6 Å². The van der Waals surface area contributed by atoms with Gasteiger partial charge in [0.1, 0.15) is 0 Å². The summed E-state index contributed by atoms with van der Waals surface area (Å²) in [6.07, 6.45) is 0.965. The molecule has 2 heterocycles. The third-order valence-corrected chi connectivity index (χ3v) is 3.14. The summed E-state index contributed by atoms with van der Waals surface area (Å²) in [5.74, 6) is 0.852. The molecule has 0 bridgehead atoms. The van der Waals surface area contributed by atoms with Crippen molar-refractivity contribution in [2.45, 2.75) is 26.4 Å². The van der Waals surface area contributed by atoms with Crippen molar-refractivity contribution in [1.29, 1.82) is 0 Å². The summed E-state index contributed by atoms with van der Waals surface area (Å²) in [4.78, 5) is 9.34. The third-order valence-electron chi connectivity index (χ3n) is 3.14. The Morgan fingerprint density at radius 1 is 1.12 bits per heavy atom. The van der Waals surface area contributed by atoms with Gasteiger partial charge in [-0.3, -0.25) is 0 Å². The van der Waals surface area contributed by atoms with Gasteiger partial charge in [-0.15, -0.1) is 0 Å². The first-order valence-electron chi connectivity index (χ1n) is 6.03. The van der Waals surface area contributed by atoms with E-state index < -0.39 is 0 Å². The predicted molar refractivity (Wildman–Crippen MR) is 67.4 cm³/mol. The highest BCUT2D eigenvalue weighted by Gasteiger charge is 2.18. The molecule has 0 spiro atoms. The summed E-state index contributed by atoms with van der Waals surface area (Å²) in [6.45, 7) is 3.92. The molecule has 0 saturated carbocycles. The number of rotatable bonds is 2. The van der Waals surface area contributed by atoms with Crippen molar-refractivity contribution in [3.8, 4) is 11.4 Å². The zero-order valence-corrected chi connectivity index (χ0v) is 9.90. The van der Waals surface area contributed by atoms with Crippen LogP contribution in [0.2, 0.25) is 0 Å². The summed E-state index contributed by atoms with van der Waals surface area (Å²) < 4.78 is 0. The highest BCUT2D eigenvalue weighted by atomic mass is 15.0. The van der Waals surface area contributed by atoms with Gasteiger partial charge in [0, 0.05) is 29.9 Å². The molecular formula is C14H15N3. The van der Waals surface area contributed by atoms with Crippen LogP contribution in [0.5, 0.6) is 0 Å². The molecule has 86 valence electrons. The Morgan fingerprint density at radius 3 is 2.71 bits per heavy atom. The van der Waals surface area contributed by atoms with Crippen molar-refractivity contribution >= 4 is 0 Å². The average molecular weight is 225 g/mol. The Labute approximate surface area is 101 Å². The minimum absolute atomic E-state index is 0.852. The average Bonchev–Trinajstić information content (AvgIpc) is 2.86. The van der Waals surface area contributed by atoms with E-state index >= 15 is 0 Å². The molecule has 0 saturated heterocycles. The van der Waals surface area contributed by atoms with Gasteiger partial charge in [0.2, 0.25) is 0 Å². The molecule has 3 rings (SSSR count). The second kappa shape index (κ2) is 4.26. The minimum atomic E-state index is 0.852. The van der Waals surface area contributed by atoms with E-state index in [0.29, 0.717) is 0 Å². The number of hydrogen-bond donors (Lipinski definition) is 1. The van der Waals surface area contributed by atoms with E-state index in [4.69, 9.17) is 0 Å². The Hall–Kier alpha value is -1.74. The van der Waals surface area contributed by atoms with Crippen LogP contribution in [0.1, 0.15) is 23.9 Å². The molecule has 0 amide bonds. The van der Waals surface area contributed by atoms with Crippen LogP contribution < -0.4 is 5.32 Å². The fraction of sp³-hybridized carbons (Fsp3) is 0.286. The zero-order valence-electron chi connectivity index (χ0n) is 9.90. The Bertz CT molecular complexity index is 535. The molecule has 1 aromatic carbocycles. The van der Waals surface area contributed by atoms with Crippen molar-refractivity contribution in [3.63, 3.8) is 0 Å². The Kier molecular flexibility index (Phi) is 2.61. The molecule has 3 heteroatoms. The molecular weight excluding hydrogens is 210 g/mol. The lowest BCUT2D eigenvalue weighted by Gasteiger charge is -2.07. The van der Waals surface area contributed by atoms with E-state index in [9.17, 15) is 0 Å². The summed E-state index contributed by atoms with van der Waals surface area (Å²) in [5.41, 5.74) is 4.73. The Balaban J connectivity index is 2.13. The maximum absolute atomic E-state index is 4.68. The number of fused-ring (bicyclic) bond motifs is 1. The molecule has 0 atom stereocenters. The van der Waals surface area contributed by atoms with E-state index in [1.54, 1.807) is 0 Å². The van der Waals surface area contributed by atoms with Gasteiger partial charge in [-0.2, -0.15) is 0 Å². The SMILES string of the molecule is CCc1nc(-c2ccccc2)nc2c1CNC2. The lowest BCUT2D eigenvalue weighted by molar-refractivity contribution is 0.755. The monoisotopic (exact) mass is 225 g/mol. The van der Waals surface area contributed by atoms with Crippen molar-refractivity contribution in [2.75, 3.05) is 0 Å². The van der Waals surface area contributed by atoms with E-state index in [2.05, 4.69) is 34.3 Å². The summed E-state index contributed by atoms with van der Waals surface area (Å²) in [6, 6.07) is 10.2. The second-order valence-corrected chi connectivity index (χ2v) is 4.24. The van der Waals surface area contributed by atoms with Gasteiger partial charge in [0.15, 0.2) is 5.82 Å². The number of nitrogens with one attached hydrogen (secondary N) is 1. The van der Waals surface area contributed by atoms with Gasteiger partial charge in [-0.1, -0.05) is 37.3 Å². The number of nitrogens with zero attached hydrogens (tertiary/aromatic N) is 2. The van der Waals surface area contributed by atoms with Gasteiger partial charge < -0.3 is 5.32 Å². The first-order valence-corrected chi connectivity index (χ1v) is 6.03. The van der Waals surface area contributed by atoms with Crippen LogP contribution >= 0.6 is 0 Å². The van der Waals surface area contributed by atoms with Crippen molar-refractivity contribution in [2.24, 2.45) is 0 Å². The van der Waals surface area contributed by atoms with Crippen LogP contribution in [0.15, 0.2) is 30.3 Å². The summed E-state index contributed by atoms with van der Waals surface area (Å²) in [7, 11) is 0. The fourth-order valence-corrected chi connectivity index (χ4v) is 2.25. The number of aromatic nitrogens is 2. The number of benzene rings is 1. The number of aryl methyl sites for hydroxylation is 1. The van der Waals surface area contributed by atoms with Crippen LogP contribution in [0.3, 0.4) is 0 Å². The van der Waals surface area contributed by atoms with Crippen LogP contribution in [-0.2, 0) is 19.5 Å². The highest BCUT2D eigenvalue weighted by molar-refractivity contribution is 5.55. The molecule has 1 aliphatic heterocycles. The zero-order chi connectivity index (χ0) is 11.7. The Morgan fingerprint density at radius 2 is 1.94 bits per heavy atom. The highest BCUT2D eigenvalue weighted by Crippen LogP contribution is 2.22. The van der Waals surface area contributed by atoms with Gasteiger partial charge >= 0.3 is 0 Å². The summed E-state index contributed by atoms with van der Waals surface area (Å²) >= 11 is 0. The van der Waals surface area contributed by atoms with Gasteiger partial charge in [0.25, 0.3) is 0 Å². The largest absolute Gasteiger partial charge is 0.307 e. The molecule has 0 aliphatic carbocycles. The predicted octanol–water partition coefficient (Wildman–Crippen LogP) is 2.31. The molecule has 1 aliphatic rings. The molecule has 0 radical (unpaired) electrons. The first kappa shape index (κ1) is 10.4. The minimum Gasteiger partial charge on any atom is -0.307 e. The van der Waals surface area contributed by atoms with Crippen molar-refractivity contribution in [1.82, 2.24) is 15.3 Å². The molecule has 3 nitrogen and oxygen atoms in total. The standard InChI is InChI=1S/C14H15N3/c1-2-12-11-8-15-9-13(11)17-14(16-12)10-6-4-3-5-7-10/h3-7,15H,2,8-9H2,1H3. The molecule has 2 aromatic rings. The molecule has 0 unspecified atom stereocenters. The number of hydrogen-bond acceptors (Lipinski definition) is 3. The van der Waals surface area contributed by atoms with E-state index in [1.807, 2.05) is 18.2 Å². The topological polar surface area (TPSA) is 37.8 Å². The molecule has 1 aromatic heterocycles. The first-order chi connectivity index (χ1) is 8.38. The normalized spacial score (nSPS) is 13.7. The van der Waals surface area contributed by atoms with Gasteiger partial charge in [-0.25, -0.2) is 9.97 Å². The fourth-order valence-electron chi connectivity index (χ4n) is 2.25.